The lowest BCUT2D eigenvalue weighted by molar-refractivity contribution is 0.667. The summed E-state index contributed by atoms with van der Waals surface area (Å²) in [5, 5.41) is 3.26. The second-order valence-electron chi connectivity index (χ2n) is 5.67. The van der Waals surface area contributed by atoms with Crippen molar-refractivity contribution in [2.75, 3.05) is 0 Å². The molecule has 114 valence electrons. The Bertz CT molecular complexity index is 1220. The van der Waals surface area contributed by atoms with Gasteiger partial charge in [0.15, 0.2) is 5.65 Å². The van der Waals surface area contributed by atoms with E-state index in [1.807, 2.05) is 30.3 Å². The summed E-state index contributed by atoms with van der Waals surface area (Å²) in [6.45, 7) is 0. The van der Waals surface area contributed by atoms with Crippen molar-refractivity contribution in [2.45, 2.75) is 0 Å². The number of aromatic nitrogens is 2. The summed E-state index contributed by atoms with van der Waals surface area (Å²) in [5.74, 6) is 0. The van der Waals surface area contributed by atoms with Gasteiger partial charge in [0.1, 0.15) is 11.2 Å². The van der Waals surface area contributed by atoms with Gasteiger partial charge in [0.25, 0.3) is 0 Å². The molecule has 2 aromatic carbocycles. The molecule has 0 amide bonds. The van der Waals surface area contributed by atoms with Gasteiger partial charge in [-0.05, 0) is 63.5 Å². The summed E-state index contributed by atoms with van der Waals surface area (Å²) in [6.07, 6.45) is 3.57. The van der Waals surface area contributed by atoms with Crippen molar-refractivity contribution in [2.24, 2.45) is 0 Å². The normalized spacial score (nSPS) is 11.5. The van der Waals surface area contributed by atoms with E-state index >= 15 is 0 Å². The Labute approximate surface area is 146 Å². The van der Waals surface area contributed by atoms with Crippen LogP contribution in [0, 0.1) is 0 Å². The van der Waals surface area contributed by atoms with Crippen LogP contribution in [0.3, 0.4) is 0 Å². The van der Waals surface area contributed by atoms with Gasteiger partial charge >= 0.3 is 0 Å². The standard InChI is InChI=1S/C20H11BrN2O/c21-17-11-12(13-7-9-23-20-15(13)5-3-8-22-20)10-16-14-4-1-2-6-18(14)24-19(16)17/h1-11H. The summed E-state index contributed by atoms with van der Waals surface area (Å²) in [4.78, 5) is 8.70. The van der Waals surface area contributed by atoms with Crippen LogP contribution in [0.4, 0.5) is 0 Å². The summed E-state index contributed by atoms with van der Waals surface area (Å²) < 4.78 is 6.93. The average Bonchev–Trinajstić information content (AvgIpc) is 3.01. The second kappa shape index (κ2) is 5.14. The van der Waals surface area contributed by atoms with E-state index in [9.17, 15) is 0 Å². The number of pyridine rings is 2. The van der Waals surface area contributed by atoms with Crippen LogP contribution in [0.15, 0.2) is 75.9 Å². The molecule has 0 aliphatic rings. The fourth-order valence-corrected chi connectivity index (χ4v) is 3.72. The highest BCUT2D eigenvalue weighted by atomic mass is 79.9. The molecule has 4 heteroatoms. The number of para-hydroxylation sites is 1. The summed E-state index contributed by atoms with van der Waals surface area (Å²) in [6, 6.07) is 18.4. The van der Waals surface area contributed by atoms with Crippen molar-refractivity contribution in [3.05, 3.63) is 71.5 Å². The average molecular weight is 375 g/mol. The minimum Gasteiger partial charge on any atom is -0.455 e. The van der Waals surface area contributed by atoms with E-state index in [4.69, 9.17) is 4.42 Å². The summed E-state index contributed by atoms with van der Waals surface area (Å²) in [5.41, 5.74) is 4.74. The van der Waals surface area contributed by atoms with E-state index in [1.54, 1.807) is 12.4 Å². The molecule has 0 unspecified atom stereocenters. The van der Waals surface area contributed by atoms with Crippen LogP contribution in [-0.2, 0) is 0 Å². The molecule has 0 radical (unpaired) electrons. The smallest absolute Gasteiger partial charge is 0.159 e. The Morgan fingerprint density at radius 1 is 0.792 bits per heavy atom. The second-order valence-corrected chi connectivity index (χ2v) is 6.52. The number of rotatable bonds is 1. The highest BCUT2D eigenvalue weighted by Gasteiger charge is 2.13. The van der Waals surface area contributed by atoms with Gasteiger partial charge in [-0.2, -0.15) is 0 Å². The lowest BCUT2D eigenvalue weighted by Crippen LogP contribution is -1.87. The maximum absolute atomic E-state index is 5.99. The number of fused-ring (bicyclic) bond motifs is 4. The zero-order chi connectivity index (χ0) is 16.1. The molecule has 0 atom stereocenters. The molecule has 0 aliphatic carbocycles. The lowest BCUT2D eigenvalue weighted by Gasteiger charge is -2.07. The molecule has 3 aromatic heterocycles. The molecule has 0 saturated carbocycles. The molecule has 0 aliphatic heterocycles. The van der Waals surface area contributed by atoms with Crippen molar-refractivity contribution in [3.8, 4) is 11.1 Å². The first-order chi connectivity index (χ1) is 11.8. The predicted molar refractivity (Wildman–Crippen MR) is 100.0 cm³/mol. The minimum absolute atomic E-state index is 0.753. The van der Waals surface area contributed by atoms with E-state index in [-0.39, 0.29) is 0 Å². The molecule has 5 rings (SSSR count). The first kappa shape index (κ1) is 13.7. The van der Waals surface area contributed by atoms with Crippen LogP contribution in [0.5, 0.6) is 0 Å². The first-order valence-electron chi connectivity index (χ1n) is 7.62. The molecule has 24 heavy (non-hydrogen) atoms. The van der Waals surface area contributed by atoms with Crippen molar-refractivity contribution in [1.82, 2.24) is 9.97 Å². The molecule has 0 fully saturated rings. The van der Waals surface area contributed by atoms with Gasteiger partial charge in [0, 0.05) is 28.6 Å². The first-order valence-corrected chi connectivity index (χ1v) is 8.41. The molecule has 5 aromatic rings. The van der Waals surface area contributed by atoms with Crippen molar-refractivity contribution in [3.63, 3.8) is 0 Å². The number of hydrogen-bond donors (Lipinski definition) is 0. The highest BCUT2D eigenvalue weighted by molar-refractivity contribution is 9.10. The maximum atomic E-state index is 5.99. The summed E-state index contributed by atoms with van der Waals surface area (Å²) in [7, 11) is 0. The Morgan fingerprint density at radius 3 is 2.58 bits per heavy atom. The Hall–Kier alpha value is -2.72. The number of hydrogen-bond acceptors (Lipinski definition) is 3. The molecular weight excluding hydrogens is 364 g/mol. The Morgan fingerprint density at radius 2 is 1.62 bits per heavy atom. The maximum Gasteiger partial charge on any atom is 0.159 e. The SMILES string of the molecule is Brc1cc(-c2ccnc3ncccc23)cc2c1oc1ccccc12. The fraction of sp³-hybridized carbons (Fsp3) is 0. The Kier molecular flexibility index (Phi) is 2.94. The van der Waals surface area contributed by atoms with E-state index in [0.717, 1.165) is 48.6 Å². The van der Waals surface area contributed by atoms with Gasteiger partial charge in [0.2, 0.25) is 0 Å². The van der Waals surface area contributed by atoms with Gasteiger partial charge in [-0.1, -0.05) is 18.2 Å². The van der Waals surface area contributed by atoms with Gasteiger partial charge in [0.05, 0.1) is 4.47 Å². The largest absolute Gasteiger partial charge is 0.455 e. The fourth-order valence-electron chi connectivity index (χ4n) is 3.17. The monoisotopic (exact) mass is 374 g/mol. The molecule has 3 nitrogen and oxygen atoms in total. The third-order valence-corrected chi connectivity index (χ3v) is 4.85. The summed E-state index contributed by atoms with van der Waals surface area (Å²) >= 11 is 3.66. The van der Waals surface area contributed by atoms with Crippen LogP contribution in [0.25, 0.3) is 44.1 Å². The number of benzene rings is 2. The Balaban J connectivity index is 1.88. The van der Waals surface area contributed by atoms with Crippen molar-refractivity contribution < 1.29 is 4.42 Å². The van der Waals surface area contributed by atoms with E-state index in [1.165, 1.54) is 0 Å². The number of furan rings is 1. The van der Waals surface area contributed by atoms with Crippen molar-refractivity contribution >= 4 is 48.9 Å². The molecular formula is C20H11BrN2O. The van der Waals surface area contributed by atoms with Crippen LogP contribution >= 0.6 is 15.9 Å². The lowest BCUT2D eigenvalue weighted by atomic mass is 10.0. The molecule has 0 spiro atoms. The van der Waals surface area contributed by atoms with E-state index in [2.05, 4.69) is 50.2 Å². The third-order valence-electron chi connectivity index (χ3n) is 4.26. The predicted octanol–water partition coefficient (Wildman–Crippen LogP) is 5.96. The van der Waals surface area contributed by atoms with Crippen molar-refractivity contribution in [1.29, 1.82) is 0 Å². The van der Waals surface area contributed by atoms with Crippen LogP contribution in [0.1, 0.15) is 0 Å². The van der Waals surface area contributed by atoms with Gasteiger partial charge in [-0.25, -0.2) is 9.97 Å². The minimum atomic E-state index is 0.753. The third kappa shape index (κ3) is 1.96. The van der Waals surface area contributed by atoms with Crippen LogP contribution in [-0.4, -0.2) is 9.97 Å². The molecule has 0 N–H and O–H groups in total. The number of nitrogens with zero attached hydrogens (tertiary/aromatic N) is 2. The zero-order valence-electron chi connectivity index (χ0n) is 12.5. The van der Waals surface area contributed by atoms with Gasteiger partial charge in [-0.15, -0.1) is 0 Å². The van der Waals surface area contributed by atoms with Gasteiger partial charge < -0.3 is 4.42 Å². The molecule has 3 heterocycles. The topological polar surface area (TPSA) is 38.9 Å². The molecule has 0 bridgehead atoms. The number of halogens is 1. The van der Waals surface area contributed by atoms with E-state index < -0.39 is 0 Å². The zero-order valence-corrected chi connectivity index (χ0v) is 14.1. The highest BCUT2D eigenvalue weighted by Crippen LogP contribution is 2.38. The van der Waals surface area contributed by atoms with Crippen LogP contribution < -0.4 is 0 Å². The molecule has 0 saturated heterocycles. The van der Waals surface area contributed by atoms with E-state index in [0.29, 0.717) is 0 Å². The van der Waals surface area contributed by atoms with Gasteiger partial charge in [-0.3, -0.25) is 0 Å². The quantitative estimate of drug-likeness (QED) is 0.363. The van der Waals surface area contributed by atoms with Crippen LogP contribution in [0.2, 0.25) is 0 Å².